The van der Waals surface area contributed by atoms with Crippen molar-refractivity contribution in [2.45, 2.75) is 51.2 Å². The van der Waals surface area contributed by atoms with Crippen LogP contribution < -0.4 is 9.47 Å². The molecule has 0 radical (unpaired) electrons. The van der Waals surface area contributed by atoms with Gasteiger partial charge in [-0.2, -0.15) is 0 Å². The van der Waals surface area contributed by atoms with Gasteiger partial charge in [0.1, 0.15) is 12.6 Å². The van der Waals surface area contributed by atoms with Crippen LogP contribution >= 0.6 is 11.6 Å². The largest absolute Gasteiger partial charge is 0.493 e. The second kappa shape index (κ2) is 10.0. The molecule has 1 heterocycles. The second-order valence-electron chi connectivity index (χ2n) is 8.98. The normalized spacial score (nSPS) is 23.6. The Labute approximate surface area is 200 Å². The van der Waals surface area contributed by atoms with E-state index in [9.17, 15) is 9.59 Å². The smallest absolute Gasteiger partial charge is 0.250 e. The number of carbonyl (C=O) groups excluding carboxylic acids is 2. The van der Waals surface area contributed by atoms with E-state index in [-0.39, 0.29) is 30.9 Å². The summed E-state index contributed by atoms with van der Waals surface area (Å²) in [6.07, 6.45) is 3.98. The van der Waals surface area contributed by atoms with Crippen molar-refractivity contribution in [3.8, 4) is 11.5 Å². The Morgan fingerprint density at radius 3 is 2.36 bits per heavy atom. The molecule has 0 N–H and O–H groups in total. The molecule has 1 saturated carbocycles. The molecule has 7 heteroatoms. The molecule has 4 rings (SSSR count). The van der Waals surface area contributed by atoms with E-state index < -0.39 is 6.04 Å². The first-order valence-electron chi connectivity index (χ1n) is 11.5. The number of rotatable bonds is 6. The molecule has 6 nitrogen and oxygen atoms in total. The third-order valence-electron chi connectivity index (χ3n) is 6.91. The van der Waals surface area contributed by atoms with Crippen LogP contribution in [0.25, 0.3) is 0 Å². The lowest BCUT2D eigenvalue weighted by atomic mass is 9.85. The highest BCUT2D eigenvalue weighted by Crippen LogP contribution is 2.41. The van der Waals surface area contributed by atoms with Gasteiger partial charge >= 0.3 is 0 Å². The van der Waals surface area contributed by atoms with Crippen molar-refractivity contribution in [3.63, 3.8) is 0 Å². The third kappa shape index (κ3) is 4.67. The van der Waals surface area contributed by atoms with Gasteiger partial charge in [-0.05, 0) is 49.3 Å². The fourth-order valence-corrected chi connectivity index (χ4v) is 5.23. The summed E-state index contributed by atoms with van der Waals surface area (Å²) in [4.78, 5) is 31.0. The summed E-state index contributed by atoms with van der Waals surface area (Å²) in [5.41, 5.74) is 1.42. The van der Waals surface area contributed by atoms with E-state index in [1.165, 1.54) is 0 Å². The Balaban J connectivity index is 1.76. The van der Waals surface area contributed by atoms with Crippen molar-refractivity contribution in [2.24, 2.45) is 5.92 Å². The first kappa shape index (κ1) is 23.4. The van der Waals surface area contributed by atoms with Gasteiger partial charge in [0.05, 0.1) is 14.2 Å². The molecular weight excluding hydrogens is 440 g/mol. The number of nitrogens with zero attached hydrogens (tertiary/aromatic N) is 2. The molecule has 2 aliphatic rings. The van der Waals surface area contributed by atoms with E-state index in [0.717, 1.165) is 31.2 Å². The summed E-state index contributed by atoms with van der Waals surface area (Å²) in [5.74, 6) is 1.48. The molecule has 0 unspecified atom stereocenters. The zero-order valence-corrected chi connectivity index (χ0v) is 20.2. The predicted molar refractivity (Wildman–Crippen MR) is 127 cm³/mol. The van der Waals surface area contributed by atoms with E-state index in [0.29, 0.717) is 28.0 Å². The minimum Gasteiger partial charge on any atom is -0.493 e. The minimum atomic E-state index is -0.813. The van der Waals surface area contributed by atoms with Crippen LogP contribution in [-0.4, -0.2) is 48.4 Å². The lowest BCUT2D eigenvalue weighted by Crippen LogP contribution is -2.58. The molecule has 2 aromatic rings. The highest BCUT2D eigenvalue weighted by molar-refractivity contribution is 6.31. The lowest BCUT2D eigenvalue weighted by molar-refractivity contribution is -0.160. The molecule has 33 heavy (non-hydrogen) atoms. The number of hydrogen-bond acceptors (Lipinski definition) is 4. The Bertz CT molecular complexity index is 1020. The van der Waals surface area contributed by atoms with Crippen LogP contribution in [0.15, 0.2) is 42.5 Å². The number of para-hydroxylation sites is 1. The number of hydrogen-bond donors (Lipinski definition) is 0. The maximum atomic E-state index is 14.0. The molecule has 1 aliphatic carbocycles. The van der Waals surface area contributed by atoms with Gasteiger partial charge in [-0.1, -0.05) is 48.9 Å². The number of benzene rings is 2. The fourth-order valence-electron chi connectivity index (χ4n) is 5.03. The molecule has 2 amide bonds. The van der Waals surface area contributed by atoms with Crippen molar-refractivity contribution in [3.05, 3.63) is 58.6 Å². The number of amides is 2. The molecule has 1 saturated heterocycles. The molecule has 0 aromatic heterocycles. The fraction of sp³-hybridized carbons (Fsp3) is 0.462. The topological polar surface area (TPSA) is 59.1 Å². The first-order valence-corrected chi connectivity index (χ1v) is 11.9. The van der Waals surface area contributed by atoms with Crippen LogP contribution in [0, 0.1) is 5.92 Å². The summed E-state index contributed by atoms with van der Waals surface area (Å²) >= 11 is 6.41. The summed E-state index contributed by atoms with van der Waals surface area (Å²) < 4.78 is 11.1. The van der Waals surface area contributed by atoms with Crippen molar-refractivity contribution < 1.29 is 19.1 Å². The quantitative estimate of drug-likeness (QED) is 0.605. The van der Waals surface area contributed by atoms with Crippen LogP contribution in [0.5, 0.6) is 11.5 Å². The number of piperazine rings is 1. The summed E-state index contributed by atoms with van der Waals surface area (Å²) in [5, 5.41) is 0.567. The zero-order valence-electron chi connectivity index (χ0n) is 19.4. The number of methoxy groups -OCH3 is 2. The highest BCUT2D eigenvalue weighted by atomic mass is 35.5. The molecule has 2 aromatic carbocycles. The van der Waals surface area contributed by atoms with E-state index >= 15 is 0 Å². The van der Waals surface area contributed by atoms with E-state index in [2.05, 4.69) is 6.92 Å². The summed E-state index contributed by atoms with van der Waals surface area (Å²) in [6, 6.07) is 12.1. The standard InChI is InChI=1S/C26H31ClN2O4/c1-17-11-13-19(14-12-17)28-16-23(30)29(15-18-7-4-5-9-21(18)27)24(26(28)31)20-8-6-10-22(32-2)25(20)33-3/h4-10,17,19,24H,11-16H2,1-3H3/t17?,19?,24-/m1/s1. The summed E-state index contributed by atoms with van der Waals surface area (Å²) in [7, 11) is 3.11. The molecule has 2 fully saturated rings. The number of ether oxygens (including phenoxy) is 2. The number of halogens is 1. The van der Waals surface area contributed by atoms with Crippen molar-refractivity contribution in [2.75, 3.05) is 20.8 Å². The van der Waals surface area contributed by atoms with Gasteiger partial charge in [0.2, 0.25) is 5.91 Å². The lowest BCUT2D eigenvalue weighted by Gasteiger charge is -2.45. The van der Waals surface area contributed by atoms with Gasteiger partial charge in [-0.25, -0.2) is 0 Å². The Morgan fingerprint density at radius 2 is 1.70 bits per heavy atom. The summed E-state index contributed by atoms with van der Waals surface area (Å²) in [6.45, 7) is 2.57. The SMILES string of the molecule is COc1cccc([C@@H]2C(=O)N(C3CCC(C)CC3)CC(=O)N2Cc2ccccc2Cl)c1OC. The first-order chi connectivity index (χ1) is 15.9. The van der Waals surface area contributed by atoms with Gasteiger partial charge in [-0.15, -0.1) is 0 Å². The van der Waals surface area contributed by atoms with Crippen LogP contribution in [0.4, 0.5) is 0 Å². The molecule has 0 spiro atoms. The van der Waals surface area contributed by atoms with Crippen LogP contribution in [-0.2, 0) is 16.1 Å². The van der Waals surface area contributed by atoms with Gasteiger partial charge in [0.15, 0.2) is 11.5 Å². The molecule has 176 valence electrons. The Kier molecular flexibility index (Phi) is 7.13. The number of carbonyl (C=O) groups is 2. The zero-order chi connectivity index (χ0) is 23.5. The van der Waals surface area contributed by atoms with Crippen LogP contribution in [0.2, 0.25) is 5.02 Å². The van der Waals surface area contributed by atoms with Crippen molar-refractivity contribution in [1.82, 2.24) is 9.80 Å². The van der Waals surface area contributed by atoms with Crippen LogP contribution in [0.1, 0.15) is 49.8 Å². The van der Waals surface area contributed by atoms with Gasteiger partial charge in [0, 0.05) is 23.2 Å². The third-order valence-corrected chi connectivity index (χ3v) is 7.28. The predicted octanol–water partition coefficient (Wildman–Crippen LogP) is 4.85. The average Bonchev–Trinajstić information content (AvgIpc) is 2.82. The van der Waals surface area contributed by atoms with Crippen molar-refractivity contribution >= 4 is 23.4 Å². The maximum absolute atomic E-state index is 14.0. The minimum absolute atomic E-state index is 0.0761. The van der Waals surface area contributed by atoms with Crippen LogP contribution in [0.3, 0.4) is 0 Å². The second-order valence-corrected chi connectivity index (χ2v) is 9.39. The highest BCUT2D eigenvalue weighted by Gasteiger charge is 2.44. The Morgan fingerprint density at radius 1 is 0.970 bits per heavy atom. The maximum Gasteiger partial charge on any atom is 0.250 e. The molecule has 0 bridgehead atoms. The molecular formula is C26H31ClN2O4. The van der Waals surface area contributed by atoms with Gasteiger partial charge in [0.25, 0.3) is 5.91 Å². The molecule has 1 aliphatic heterocycles. The average molecular weight is 471 g/mol. The van der Waals surface area contributed by atoms with Crippen molar-refractivity contribution in [1.29, 1.82) is 0 Å². The Hall–Kier alpha value is -2.73. The van der Waals surface area contributed by atoms with E-state index in [4.69, 9.17) is 21.1 Å². The van der Waals surface area contributed by atoms with Gasteiger partial charge in [-0.3, -0.25) is 9.59 Å². The monoisotopic (exact) mass is 470 g/mol. The molecule has 1 atom stereocenters. The van der Waals surface area contributed by atoms with E-state index in [1.54, 1.807) is 36.2 Å². The van der Waals surface area contributed by atoms with Gasteiger partial charge < -0.3 is 19.3 Å². The van der Waals surface area contributed by atoms with E-state index in [1.807, 2.05) is 30.3 Å².